The summed E-state index contributed by atoms with van der Waals surface area (Å²) in [5.74, 6) is 0. The van der Waals surface area contributed by atoms with Gasteiger partial charge in [-0.25, -0.2) is 0 Å². The molecule has 0 aliphatic carbocycles. The van der Waals surface area contributed by atoms with Crippen molar-refractivity contribution in [3.63, 3.8) is 0 Å². The van der Waals surface area contributed by atoms with Gasteiger partial charge in [-0.3, -0.25) is 0 Å². The van der Waals surface area contributed by atoms with Crippen LogP contribution in [0.3, 0.4) is 0 Å². The molecule has 45 heavy (non-hydrogen) atoms. The summed E-state index contributed by atoms with van der Waals surface area (Å²) in [4.78, 5) is 4.77. The zero-order valence-electron chi connectivity index (χ0n) is 24.5. The molecule has 0 aliphatic rings. The Hall–Kier alpha value is -5.38. The van der Waals surface area contributed by atoms with Crippen LogP contribution in [0.1, 0.15) is 0 Å². The maximum absolute atomic E-state index is 4.18. The molecule has 8 rings (SSSR count). The topological polar surface area (TPSA) is 6.48 Å². The molecule has 0 radical (unpaired) electrons. The second-order valence-corrected chi connectivity index (χ2v) is 11.9. The highest BCUT2D eigenvalue weighted by Crippen LogP contribution is 2.49. The Morgan fingerprint density at radius 3 is 1.11 bits per heavy atom. The molecule has 0 amide bonds. The normalized spacial score (nSPS) is 11.2. The summed E-state index contributed by atoms with van der Waals surface area (Å²) < 4.78 is 1.00. The first-order valence-electron chi connectivity index (χ1n) is 15.1. The Labute approximate surface area is 271 Å². The Morgan fingerprint density at radius 1 is 0.289 bits per heavy atom. The van der Waals surface area contributed by atoms with Gasteiger partial charge >= 0.3 is 0 Å². The minimum atomic E-state index is 1.00. The second kappa shape index (κ2) is 11.6. The Balaban J connectivity index is 1.42. The van der Waals surface area contributed by atoms with Gasteiger partial charge in [-0.15, -0.1) is 0 Å². The molecule has 8 aromatic rings. The van der Waals surface area contributed by atoms with Crippen LogP contribution in [0.4, 0.5) is 34.1 Å². The largest absolute Gasteiger partial charge is 0.309 e. The Kier molecular flexibility index (Phi) is 7.01. The first kappa shape index (κ1) is 27.2. The highest BCUT2D eigenvalue weighted by atomic mass is 79.9. The van der Waals surface area contributed by atoms with Crippen molar-refractivity contribution in [2.45, 2.75) is 0 Å². The molecule has 0 fully saturated rings. The molecule has 0 unspecified atom stereocenters. The third kappa shape index (κ3) is 4.82. The molecule has 0 saturated carbocycles. The van der Waals surface area contributed by atoms with E-state index in [1.165, 1.54) is 32.3 Å². The summed E-state index contributed by atoms with van der Waals surface area (Å²) in [5, 5.41) is 7.19. The fourth-order valence-electron chi connectivity index (χ4n) is 6.44. The predicted octanol–water partition coefficient (Wildman–Crippen LogP) is 12.8. The number of para-hydroxylation sites is 1. The molecular weight excluding hydrogens is 612 g/mol. The lowest BCUT2D eigenvalue weighted by Gasteiger charge is -2.32. The van der Waals surface area contributed by atoms with Crippen molar-refractivity contribution >= 4 is 82.4 Å². The second-order valence-electron chi connectivity index (χ2n) is 11.1. The van der Waals surface area contributed by atoms with Gasteiger partial charge in [0.05, 0.1) is 32.9 Å². The van der Waals surface area contributed by atoms with Crippen LogP contribution in [0.25, 0.3) is 32.3 Å². The molecule has 0 heterocycles. The first-order chi connectivity index (χ1) is 22.3. The number of anilines is 6. The van der Waals surface area contributed by atoms with E-state index in [2.05, 4.69) is 202 Å². The molecule has 0 N–H and O–H groups in total. The van der Waals surface area contributed by atoms with E-state index in [9.17, 15) is 0 Å². The molecule has 214 valence electrons. The van der Waals surface area contributed by atoms with Gasteiger partial charge in [0.1, 0.15) is 0 Å². The van der Waals surface area contributed by atoms with Gasteiger partial charge < -0.3 is 9.80 Å². The lowest BCUT2D eigenvalue weighted by molar-refractivity contribution is 1.25. The van der Waals surface area contributed by atoms with E-state index in [4.69, 9.17) is 0 Å². The van der Waals surface area contributed by atoms with E-state index in [-0.39, 0.29) is 0 Å². The van der Waals surface area contributed by atoms with Gasteiger partial charge in [-0.2, -0.15) is 0 Å². The fraction of sp³-hybridized carbons (Fsp3) is 0. The SMILES string of the molecule is Brc1c(N(c2ccccc2)c2cccc3ccccc23)cccc1N(c1cccc2ccccc12)c1cccc2ccccc12. The number of nitrogens with zero attached hydrogens (tertiary/aromatic N) is 2. The van der Waals surface area contributed by atoms with E-state index >= 15 is 0 Å². The third-order valence-electron chi connectivity index (χ3n) is 8.48. The van der Waals surface area contributed by atoms with Gasteiger partial charge in [-0.1, -0.05) is 133 Å². The van der Waals surface area contributed by atoms with Gasteiger partial charge in [0.2, 0.25) is 0 Å². The van der Waals surface area contributed by atoms with Crippen LogP contribution >= 0.6 is 15.9 Å². The molecule has 0 bridgehead atoms. The monoisotopic (exact) mass is 640 g/mol. The quantitative estimate of drug-likeness (QED) is 0.178. The van der Waals surface area contributed by atoms with E-state index in [0.717, 1.165) is 38.6 Å². The zero-order valence-corrected chi connectivity index (χ0v) is 26.1. The lowest BCUT2D eigenvalue weighted by atomic mass is 10.0. The van der Waals surface area contributed by atoms with Crippen LogP contribution in [0.15, 0.2) is 180 Å². The van der Waals surface area contributed by atoms with Gasteiger partial charge in [0.25, 0.3) is 0 Å². The summed E-state index contributed by atoms with van der Waals surface area (Å²) in [6.45, 7) is 0. The van der Waals surface area contributed by atoms with E-state index < -0.39 is 0 Å². The summed E-state index contributed by atoms with van der Waals surface area (Å²) in [7, 11) is 0. The van der Waals surface area contributed by atoms with Crippen molar-refractivity contribution in [3.8, 4) is 0 Å². The fourth-order valence-corrected chi connectivity index (χ4v) is 7.06. The zero-order chi connectivity index (χ0) is 30.2. The van der Waals surface area contributed by atoms with Gasteiger partial charge in [0.15, 0.2) is 0 Å². The predicted molar refractivity (Wildman–Crippen MR) is 196 cm³/mol. The lowest BCUT2D eigenvalue weighted by Crippen LogP contribution is -2.15. The number of rotatable bonds is 6. The first-order valence-corrected chi connectivity index (χ1v) is 15.9. The van der Waals surface area contributed by atoms with Crippen LogP contribution in [-0.4, -0.2) is 0 Å². The van der Waals surface area contributed by atoms with Crippen molar-refractivity contribution in [1.82, 2.24) is 0 Å². The summed E-state index contributed by atoms with van der Waals surface area (Å²) in [6.07, 6.45) is 0. The van der Waals surface area contributed by atoms with Gasteiger partial charge in [-0.05, 0) is 74.6 Å². The van der Waals surface area contributed by atoms with Crippen LogP contribution in [-0.2, 0) is 0 Å². The maximum Gasteiger partial charge on any atom is 0.0656 e. The van der Waals surface area contributed by atoms with Crippen LogP contribution in [0, 0.1) is 0 Å². The molecule has 2 nitrogen and oxygen atoms in total. The van der Waals surface area contributed by atoms with Gasteiger partial charge in [0, 0.05) is 21.8 Å². The molecule has 8 aromatic carbocycles. The summed E-state index contributed by atoms with van der Waals surface area (Å²) >= 11 is 4.18. The minimum Gasteiger partial charge on any atom is -0.309 e. The molecule has 0 saturated heterocycles. The standard InChI is InChI=1S/C42H29BrN2/c43-42-40(44(33-20-2-1-3-21-33)37-25-10-17-30-14-4-7-22-34(30)37)28-13-29-41(42)45(38-26-11-18-31-15-5-8-23-35(31)38)39-27-12-19-32-16-6-9-24-36(32)39/h1-29H. The van der Waals surface area contributed by atoms with Crippen molar-refractivity contribution in [3.05, 3.63) is 180 Å². The van der Waals surface area contributed by atoms with Crippen LogP contribution in [0.2, 0.25) is 0 Å². The molecule has 0 spiro atoms. The highest BCUT2D eigenvalue weighted by Gasteiger charge is 2.24. The molecule has 0 aromatic heterocycles. The van der Waals surface area contributed by atoms with E-state index in [1.807, 2.05) is 0 Å². The van der Waals surface area contributed by atoms with Crippen molar-refractivity contribution in [2.24, 2.45) is 0 Å². The third-order valence-corrected chi connectivity index (χ3v) is 9.29. The number of benzene rings is 8. The molecule has 0 aliphatic heterocycles. The molecule has 3 heteroatoms. The van der Waals surface area contributed by atoms with Crippen molar-refractivity contribution in [1.29, 1.82) is 0 Å². The number of fused-ring (bicyclic) bond motifs is 3. The van der Waals surface area contributed by atoms with E-state index in [1.54, 1.807) is 0 Å². The Bertz CT molecular complexity index is 2220. The molecular formula is C42H29BrN2. The minimum absolute atomic E-state index is 1.00. The van der Waals surface area contributed by atoms with Crippen molar-refractivity contribution < 1.29 is 0 Å². The summed E-state index contributed by atoms with van der Waals surface area (Å²) in [6, 6.07) is 62.7. The number of halogens is 1. The smallest absolute Gasteiger partial charge is 0.0656 e. The average Bonchev–Trinajstić information content (AvgIpc) is 3.10. The summed E-state index contributed by atoms with van der Waals surface area (Å²) in [5.41, 5.74) is 6.58. The van der Waals surface area contributed by atoms with Crippen LogP contribution in [0.5, 0.6) is 0 Å². The maximum atomic E-state index is 4.18. The number of hydrogen-bond donors (Lipinski definition) is 0. The molecule has 0 atom stereocenters. The van der Waals surface area contributed by atoms with E-state index in [0.29, 0.717) is 0 Å². The van der Waals surface area contributed by atoms with Crippen molar-refractivity contribution in [2.75, 3.05) is 9.80 Å². The Morgan fingerprint density at radius 2 is 0.622 bits per heavy atom. The highest BCUT2D eigenvalue weighted by molar-refractivity contribution is 9.10. The number of hydrogen-bond acceptors (Lipinski definition) is 2. The average molecular weight is 642 g/mol. The van der Waals surface area contributed by atoms with Crippen LogP contribution < -0.4 is 9.80 Å².